The highest BCUT2D eigenvalue weighted by Gasteiger charge is 2.42. The van der Waals surface area contributed by atoms with Crippen molar-refractivity contribution in [1.29, 1.82) is 0 Å². The molecule has 0 aromatic rings. The van der Waals surface area contributed by atoms with Crippen LogP contribution in [0, 0.1) is 17.8 Å². The molecule has 1 aliphatic heterocycles. The Labute approximate surface area is 151 Å². The Morgan fingerprint density at radius 2 is 1.72 bits per heavy atom. The summed E-state index contributed by atoms with van der Waals surface area (Å²) < 4.78 is 26.6. The lowest BCUT2D eigenvalue weighted by molar-refractivity contribution is -0.139. The van der Waals surface area contributed by atoms with Gasteiger partial charge < -0.3 is 10.6 Å². The Morgan fingerprint density at radius 3 is 2.28 bits per heavy atom. The van der Waals surface area contributed by atoms with Crippen LogP contribution in [0.15, 0.2) is 0 Å². The average molecular weight is 372 g/mol. The molecule has 25 heavy (non-hydrogen) atoms. The zero-order valence-electron chi connectivity index (χ0n) is 15.3. The standard InChI is InChI=1S/C18H33N3O3S/c1-2-10-25(23,24)20-16-6-8-21(9-7-16)18(22)15-11-13-4-3-5-14(12-15)17(13)19/h13-17,20H,2-12,19H2,1H3. The Balaban J connectivity index is 1.50. The van der Waals surface area contributed by atoms with Gasteiger partial charge in [0, 0.05) is 31.1 Å². The first-order valence-corrected chi connectivity index (χ1v) is 11.6. The van der Waals surface area contributed by atoms with Crippen LogP contribution >= 0.6 is 0 Å². The van der Waals surface area contributed by atoms with Crippen LogP contribution in [-0.2, 0) is 14.8 Å². The molecule has 1 amide bonds. The zero-order valence-corrected chi connectivity index (χ0v) is 16.1. The molecule has 0 spiro atoms. The van der Waals surface area contributed by atoms with Crippen molar-refractivity contribution in [2.45, 2.75) is 70.4 Å². The number of nitrogens with one attached hydrogen (secondary N) is 1. The molecule has 144 valence electrons. The predicted octanol–water partition coefficient (Wildman–Crippen LogP) is 1.46. The van der Waals surface area contributed by atoms with E-state index in [0.717, 1.165) is 12.8 Å². The van der Waals surface area contributed by atoms with Crippen molar-refractivity contribution in [2.24, 2.45) is 23.5 Å². The van der Waals surface area contributed by atoms with E-state index in [4.69, 9.17) is 5.73 Å². The number of rotatable bonds is 5. The third kappa shape index (κ3) is 4.55. The number of likely N-dealkylation sites (tertiary alicyclic amines) is 1. The number of hydrogen-bond acceptors (Lipinski definition) is 4. The number of nitrogens with two attached hydrogens (primary N) is 1. The molecular weight excluding hydrogens is 338 g/mol. The Morgan fingerprint density at radius 1 is 1.12 bits per heavy atom. The number of sulfonamides is 1. The van der Waals surface area contributed by atoms with Gasteiger partial charge in [0.15, 0.2) is 0 Å². The number of hydrogen-bond donors (Lipinski definition) is 2. The van der Waals surface area contributed by atoms with Crippen LogP contribution in [-0.4, -0.2) is 50.2 Å². The summed E-state index contributed by atoms with van der Waals surface area (Å²) >= 11 is 0. The summed E-state index contributed by atoms with van der Waals surface area (Å²) in [6, 6.07) is 0.260. The quantitative estimate of drug-likeness (QED) is 0.765. The molecule has 2 atom stereocenters. The van der Waals surface area contributed by atoms with E-state index in [0.29, 0.717) is 44.2 Å². The van der Waals surface area contributed by atoms with E-state index in [2.05, 4.69) is 4.72 Å². The van der Waals surface area contributed by atoms with Crippen molar-refractivity contribution in [3.63, 3.8) is 0 Å². The lowest BCUT2D eigenvalue weighted by Gasteiger charge is -2.45. The van der Waals surface area contributed by atoms with Crippen LogP contribution in [0.1, 0.15) is 58.3 Å². The summed E-state index contributed by atoms with van der Waals surface area (Å²) in [7, 11) is -3.17. The number of amides is 1. The van der Waals surface area contributed by atoms with Crippen molar-refractivity contribution in [3.8, 4) is 0 Å². The Hall–Kier alpha value is -0.660. The van der Waals surface area contributed by atoms with Gasteiger partial charge in [0.05, 0.1) is 5.75 Å². The van der Waals surface area contributed by atoms with Crippen LogP contribution in [0.2, 0.25) is 0 Å². The molecule has 3 rings (SSSR count). The molecule has 1 saturated heterocycles. The molecule has 2 unspecified atom stereocenters. The molecule has 3 aliphatic rings. The zero-order chi connectivity index (χ0) is 18.0. The molecule has 2 saturated carbocycles. The first-order valence-electron chi connectivity index (χ1n) is 9.94. The number of piperidine rings is 1. The third-order valence-corrected chi connectivity index (χ3v) is 8.03. The second-order valence-electron chi connectivity index (χ2n) is 8.23. The monoisotopic (exact) mass is 371 g/mol. The Bertz CT molecular complexity index is 558. The number of carbonyl (C=O) groups is 1. The summed E-state index contributed by atoms with van der Waals surface area (Å²) in [5.41, 5.74) is 6.34. The van der Waals surface area contributed by atoms with E-state index >= 15 is 0 Å². The second kappa shape index (κ2) is 7.92. The van der Waals surface area contributed by atoms with Gasteiger partial charge in [0.2, 0.25) is 15.9 Å². The summed E-state index contributed by atoms with van der Waals surface area (Å²) in [6.07, 6.45) is 7.54. The number of carbonyl (C=O) groups excluding carboxylic acids is 1. The largest absolute Gasteiger partial charge is 0.342 e. The van der Waals surface area contributed by atoms with Crippen LogP contribution in [0.5, 0.6) is 0 Å². The molecule has 0 aromatic heterocycles. The fraction of sp³-hybridized carbons (Fsp3) is 0.944. The van der Waals surface area contributed by atoms with E-state index in [9.17, 15) is 13.2 Å². The van der Waals surface area contributed by atoms with Gasteiger partial charge in [0.25, 0.3) is 0 Å². The molecular formula is C18H33N3O3S. The topological polar surface area (TPSA) is 92.5 Å². The van der Waals surface area contributed by atoms with E-state index in [1.807, 2.05) is 11.8 Å². The molecule has 0 radical (unpaired) electrons. The minimum absolute atomic E-state index is 0.0280. The first kappa shape index (κ1) is 19.1. The molecule has 6 nitrogen and oxygen atoms in total. The summed E-state index contributed by atoms with van der Waals surface area (Å²) in [6.45, 7) is 3.19. The maximum absolute atomic E-state index is 12.9. The predicted molar refractivity (Wildman–Crippen MR) is 98.3 cm³/mol. The third-order valence-electron chi connectivity index (χ3n) is 6.39. The average Bonchev–Trinajstić information content (AvgIpc) is 2.54. The van der Waals surface area contributed by atoms with Crippen molar-refractivity contribution >= 4 is 15.9 Å². The normalized spacial score (nSPS) is 34.1. The van der Waals surface area contributed by atoms with Crippen molar-refractivity contribution in [1.82, 2.24) is 9.62 Å². The highest BCUT2D eigenvalue weighted by molar-refractivity contribution is 7.89. The van der Waals surface area contributed by atoms with E-state index in [1.54, 1.807) is 0 Å². The van der Waals surface area contributed by atoms with E-state index < -0.39 is 10.0 Å². The number of fused-ring (bicyclic) bond motifs is 2. The minimum atomic E-state index is -3.17. The SMILES string of the molecule is CCCS(=O)(=O)NC1CCN(C(=O)C2CC3CCCC(C2)C3N)CC1. The number of nitrogens with zero attached hydrogens (tertiary/aromatic N) is 1. The van der Waals surface area contributed by atoms with Gasteiger partial charge in [-0.25, -0.2) is 13.1 Å². The molecule has 2 aliphatic carbocycles. The van der Waals surface area contributed by atoms with Gasteiger partial charge in [-0.1, -0.05) is 13.3 Å². The lowest BCUT2D eigenvalue weighted by atomic mass is 9.65. The van der Waals surface area contributed by atoms with Crippen molar-refractivity contribution in [2.75, 3.05) is 18.8 Å². The molecule has 3 N–H and O–H groups in total. The molecule has 0 aromatic carbocycles. The van der Waals surface area contributed by atoms with Gasteiger partial charge >= 0.3 is 0 Å². The molecule has 1 heterocycles. The lowest BCUT2D eigenvalue weighted by Crippen LogP contribution is -2.52. The smallest absolute Gasteiger partial charge is 0.225 e. The highest BCUT2D eigenvalue weighted by Crippen LogP contribution is 2.42. The Kier molecular flexibility index (Phi) is 6.06. The van der Waals surface area contributed by atoms with E-state index in [1.165, 1.54) is 19.3 Å². The summed E-state index contributed by atoms with van der Waals surface area (Å²) in [5, 5.41) is 0. The molecule has 3 fully saturated rings. The van der Waals surface area contributed by atoms with Crippen molar-refractivity contribution < 1.29 is 13.2 Å². The second-order valence-corrected chi connectivity index (χ2v) is 10.1. The first-order chi connectivity index (χ1) is 11.9. The summed E-state index contributed by atoms with van der Waals surface area (Å²) in [5.74, 6) is 1.61. The maximum Gasteiger partial charge on any atom is 0.225 e. The van der Waals surface area contributed by atoms with Crippen LogP contribution in [0.3, 0.4) is 0 Å². The van der Waals surface area contributed by atoms with E-state index in [-0.39, 0.29) is 29.7 Å². The van der Waals surface area contributed by atoms with Gasteiger partial charge in [-0.05, 0) is 56.8 Å². The van der Waals surface area contributed by atoms with Gasteiger partial charge in [-0.15, -0.1) is 0 Å². The fourth-order valence-electron chi connectivity index (χ4n) is 5.05. The molecule has 7 heteroatoms. The van der Waals surface area contributed by atoms with Gasteiger partial charge in [0.1, 0.15) is 0 Å². The minimum Gasteiger partial charge on any atom is -0.342 e. The van der Waals surface area contributed by atoms with Gasteiger partial charge in [-0.2, -0.15) is 0 Å². The summed E-state index contributed by atoms with van der Waals surface area (Å²) in [4.78, 5) is 14.9. The highest BCUT2D eigenvalue weighted by atomic mass is 32.2. The molecule has 2 bridgehead atoms. The van der Waals surface area contributed by atoms with Gasteiger partial charge in [-0.3, -0.25) is 4.79 Å². The maximum atomic E-state index is 12.9. The van der Waals surface area contributed by atoms with Crippen LogP contribution < -0.4 is 10.5 Å². The fourth-order valence-corrected chi connectivity index (χ4v) is 6.45. The van der Waals surface area contributed by atoms with Crippen LogP contribution in [0.25, 0.3) is 0 Å². The van der Waals surface area contributed by atoms with Crippen molar-refractivity contribution in [3.05, 3.63) is 0 Å². The van der Waals surface area contributed by atoms with Crippen LogP contribution in [0.4, 0.5) is 0 Å².